The van der Waals surface area contributed by atoms with Gasteiger partial charge in [0.05, 0.1) is 12.0 Å². The molecule has 1 aliphatic heterocycles. The van der Waals surface area contributed by atoms with E-state index < -0.39 is 11.4 Å². The Morgan fingerprint density at radius 1 is 1.33 bits per heavy atom. The number of carboxylic acid groups (broad SMARTS) is 1. The van der Waals surface area contributed by atoms with Crippen LogP contribution in [0.5, 0.6) is 0 Å². The zero-order chi connectivity index (χ0) is 15.6. The number of nitrogens with zero attached hydrogens (tertiary/aromatic N) is 1. The number of para-hydroxylation sites is 1. The molecule has 0 unspecified atom stereocenters. The predicted octanol–water partition coefficient (Wildman–Crippen LogP) is 0.803. The van der Waals surface area contributed by atoms with E-state index in [9.17, 15) is 19.5 Å². The molecule has 0 aromatic heterocycles. The molecule has 0 spiro atoms. The Morgan fingerprint density at radius 3 is 2.67 bits per heavy atom. The van der Waals surface area contributed by atoms with E-state index in [2.05, 4.69) is 5.32 Å². The number of benzene rings is 1. The maximum atomic E-state index is 12.0. The van der Waals surface area contributed by atoms with Crippen molar-refractivity contribution in [1.82, 2.24) is 5.32 Å². The lowest BCUT2D eigenvalue weighted by atomic mass is 9.85. The first kappa shape index (κ1) is 15.0. The first-order chi connectivity index (χ1) is 9.81. The Hall–Kier alpha value is -2.37. The number of hydrogen-bond donors (Lipinski definition) is 2. The third-order valence-corrected chi connectivity index (χ3v) is 3.53. The molecule has 2 amide bonds. The van der Waals surface area contributed by atoms with Gasteiger partial charge in [0.2, 0.25) is 11.8 Å². The minimum absolute atomic E-state index is 0.0323. The summed E-state index contributed by atoms with van der Waals surface area (Å²) in [4.78, 5) is 36.2. The van der Waals surface area contributed by atoms with Gasteiger partial charge in [0.1, 0.15) is 6.54 Å². The lowest BCUT2D eigenvalue weighted by Gasteiger charge is -2.30. The first-order valence-electron chi connectivity index (χ1n) is 6.69. The fraction of sp³-hybridized carbons (Fsp3) is 0.400. The summed E-state index contributed by atoms with van der Waals surface area (Å²) in [5.41, 5.74) is 0.400. The van der Waals surface area contributed by atoms with Crippen LogP contribution < -0.4 is 10.2 Å². The Labute approximate surface area is 122 Å². The number of anilines is 1. The second kappa shape index (κ2) is 5.55. The standard InChI is InChI=1S/C15H18N2O4/c1-15(2,14(20)21)7-10-5-3-4-6-11(10)17-9-12(18)16-8-13(17)19/h3-6H,7-9H2,1-2H3,(H,16,18)(H,20,21). The summed E-state index contributed by atoms with van der Waals surface area (Å²) in [6, 6.07) is 7.10. The van der Waals surface area contributed by atoms with E-state index in [4.69, 9.17) is 0 Å². The quantitative estimate of drug-likeness (QED) is 0.859. The van der Waals surface area contributed by atoms with Crippen LogP contribution in [0.15, 0.2) is 24.3 Å². The zero-order valence-electron chi connectivity index (χ0n) is 12.0. The molecule has 0 radical (unpaired) electrons. The van der Waals surface area contributed by atoms with Crippen LogP contribution in [0.3, 0.4) is 0 Å². The molecule has 1 aromatic carbocycles. The van der Waals surface area contributed by atoms with Gasteiger partial charge in [-0.25, -0.2) is 0 Å². The highest BCUT2D eigenvalue weighted by Gasteiger charge is 2.31. The molecule has 0 aliphatic carbocycles. The molecule has 1 heterocycles. The van der Waals surface area contributed by atoms with Gasteiger partial charge in [0.25, 0.3) is 0 Å². The lowest BCUT2D eigenvalue weighted by Crippen LogP contribution is -2.52. The number of hydrogen-bond acceptors (Lipinski definition) is 3. The van der Waals surface area contributed by atoms with Crippen molar-refractivity contribution in [3.63, 3.8) is 0 Å². The molecule has 2 rings (SSSR count). The van der Waals surface area contributed by atoms with Gasteiger partial charge in [-0.05, 0) is 31.9 Å². The van der Waals surface area contributed by atoms with Crippen molar-refractivity contribution in [1.29, 1.82) is 0 Å². The largest absolute Gasteiger partial charge is 0.481 e. The minimum Gasteiger partial charge on any atom is -0.481 e. The van der Waals surface area contributed by atoms with Crippen LogP contribution in [0.4, 0.5) is 5.69 Å². The Bertz CT molecular complexity index is 595. The summed E-state index contributed by atoms with van der Waals surface area (Å²) < 4.78 is 0. The fourth-order valence-corrected chi connectivity index (χ4v) is 2.25. The molecular weight excluding hydrogens is 272 g/mol. The number of carbonyl (C=O) groups is 3. The van der Waals surface area contributed by atoms with Crippen molar-refractivity contribution in [2.75, 3.05) is 18.0 Å². The predicted molar refractivity (Wildman–Crippen MR) is 76.9 cm³/mol. The summed E-state index contributed by atoms with van der Waals surface area (Å²) in [6.07, 6.45) is 0.282. The van der Waals surface area contributed by atoms with E-state index in [1.54, 1.807) is 38.1 Å². The summed E-state index contributed by atoms with van der Waals surface area (Å²) >= 11 is 0. The van der Waals surface area contributed by atoms with Gasteiger partial charge < -0.3 is 15.3 Å². The maximum Gasteiger partial charge on any atom is 0.309 e. The minimum atomic E-state index is -0.947. The van der Waals surface area contributed by atoms with Crippen molar-refractivity contribution in [2.45, 2.75) is 20.3 Å². The van der Waals surface area contributed by atoms with Crippen LogP contribution in [-0.4, -0.2) is 36.0 Å². The van der Waals surface area contributed by atoms with Gasteiger partial charge in [-0.3, -0.25) is 14.4 Å². The van der Waals surface area contributed by atoms with Crippen LogP contribution in [0.1, 0.15) is 19.4 Å². The molecule has 6 heteroatoms. The molecule has 1 aliphatic rings. The number of piperazine rings is 1. The fourth-order valence-electron chi connectivity index (χ4n) is 2.25. The molecular formula is C15H18N2O4. The van der Waals surface area contributed by atoms with E-state index in [-0.39, 0.29) is 31.3 Å². The highest BCUT2D eigenvalue weighted by molar-refractivity contribution is 6.05. The van der Waals surface area contributed by atoms with Crippen molar-refractivity contribution in [3.8, 4) is 0 Å². The van der Waals surface area contributed by atoms with E-state index in [1.165, 1.54) is 4.90 Å². The SMILES string of the molecule is CC(C)(Cc1ccccc1N1CC(=O)NCC1=O)C(=O)O. The van der Waals surface area contributed by atoms with Gasteiger partial charge in [0, 0.05) is 5.69 Å². The Morgan fingerprint density at radius 2 is 2.00 bits per heavy atom. The molecule has 1 fully saturated rings. The third-order valence-electron chi connectivity index (χ3n) is 3.53. The highest BCUT2D eigenvalue weighted by Crippen LogP contribution is 2.29. The van der Waals surface area contributed by atoms with E-state index in [0.29, 0.717) is 5.69 Å². The molecule has 112 valence electrons. The first-order valence-corrected chi connectivity index (χ1v) is 6.69. The molecule has 6 nitrogen and oxygen atoms in total. The van der Waals surface area contributed by atoms with Crippen molar-refractivity contribution in [2.24, 2.45) is 5.41 Å². The second-order valence-electron chi connectivity index (χ2n) is 5.75. The summed E-state index contributed by atoms with van der Waals surface area (Å²) in [5.74, 6) is -1.32. The number of nitrogens with one attached hydrogen (secondary N) is 1. The highest BCUT2D eigenvalue weighted by atomic mass is 16.4. The zero-order valence-corrected chi connectivity index (χ0v) is 12.0. The van der Waals surface area contributed by atoms with Gasteiger partial charge in [-0.1, -0.05) is 18.2 Å². The van der Waals surface area contributed by atoms with Crippen molar-refractivity contribution >= 4 is 23.5 Å². The average Bonchev–Trinajstić information content (AvgIpc) is 2.42. The number of amides is 2. The number of rotatable bonds is 4. The summed E-state index contributed by atoms with van der Waals surface area (Å²) in [6.45, 7) is 3.20. The van der Waals surface area contributed by atoms with Crippen LogP contribution in [-0.2, 0) is 20.8 Å². The summed E-state index contributed by atoms with van der Waals surface area (Å²) in [7, 11) is 0. The topological polar surface area (TPSA) is 86.7 Å². The smallest absolute Gasteiger partial charge is 0.309 e. The summed E-state index contributed by atoms with van der Waals surface area (Å²) in [5, 5.41) is 11.7. The van der Waals surface area contributed by atoms with E-state index in [1.807, 2.05) is 0 Å². The number of aliphatic carboxylic acids is 1. The Kier molecular flexibility index (Phi) is 3.97. The molecule has 0 saturated carbocycles. The van der Waals surface area contributed by atoms with Gasteiger partial charge >= 0.3 is 5.97 Å². The molecule has 0 bridgehead atoms. The molecule has 21 heavy (non-hydrogen) atoms. The van der Waals surface area contributed by atoms with E-state index >= 15 is 0 Å². The normalized spacial score (nSPS) is 15.8. The van der Waals surface area contributed by atoms with Gasteiger partial charge in [0.15, 0.2) is 0 Å². The van der Waals surface area contributed by atoms with Crippen molar-refractivity contribution in [3.05, 3.63) is 29.8 Å². The van der Waals surface area contributed by atoms with Crippen LogP contribution in [0.2, 0.25) is 0 Å². The maximum absolute atomic E-state index is 12.0. The molecule has 1 aromatic rings. The van der Waals surface area contributed by atoms with Crippen LogP contribution in [0, 0.1) is 5.41 Å². The molecule has 2 N–H and O–H groups in total. The third kappa shape index (κ3) is 3.21. The lowest BCUT2D eigenvalue weighted by molar-refractivity contribution is -0.146. The van der Waals surface area contributed by atoms with Crippen LogP contribution >= 0.6 is 0 Å². The average molecular weight is 290 g/mol. The molecule has 1 saturated heterocycles. The van der Waals surface area contributed by atoms with Gasteiger partial charge in [-0.2, -0.15) is 0 Å². The van der Waals surface area contributed by atoms with Gasteiger partial charge in [-0.15, -0.1) is 0 Å². The van der Waals surface area contributed by atoms with Crippen LogP contribution in [0.25, 0.3) is 0 Å². The monoisotopic (exact) mass is 290 g/mol. The Balaban J connectivity index is 2.34. The number of carbonyl (C=O) groups excluding carboxylic acids is 2. The van der Waals surface area contributed by atoms with E-state index in [0.717, 1.165) is 5.56 Å². The second-order valence-corrected chi connectivity index (χ2v) is 5.75. The number of carboxylic acids is 1. The van der Waals surface area contributed by atoms with Crippen molar-refractivity contribution < 1.29 is 19.5 Å². The molecule has 0 atom stereocenters.